The van der Waals surface area contributed by atoms with Crippen LogP contribution >= 0.6 is 0 Å². The highest BCUT2D eigenvalue weighted by Crippen LogP contribution is 2.27. The van der Waals surface area contributed by atoms with E-state index in [0.29, 0.717) is 25.3 Å². The van der Waals surface area contributed by atoms with Crippen LogP contribution in [-0.2, 0) is 4.79 Å². The molecule has 2 amide bonds. The first-order valence-electron chi connectivity index (χ1n) is 8.71. The quantitative estimate of drug-likeness (QED) is 0.637. The van der Waals surface area contributed by atoms with Crippen molar-refractivity contribution in [1.29, 1.82) is 0 Å². The summed E-state index contributed by atoms with van der Waals surface area (Å²) in [4.78, 5) is 22.5. The van der Waals surface area contributed by atoms with Crippen molar-refractivity contribution in [3.05, 3.63) is 24.3 Å². The maximum atomic E-state index is 11.8. The van der Waals surface area contributed by atoms with Crippen LogP contribution < -0.4 is 21.1 Å². The Morgan fingerprint density at radius 2 is 1.79 bits per heavy atom. The van der Waals surface area contributed by atoms with Gasteiger partial charge in [0.1, 0.15) is 5.75 Å². The lowest BCUT2D eigenvalue weighted by Gasteiger charge is -2.21. The molecular weight excluding hydrogens is 306 g/mol. The highest BCUT2D eigenvalue weighted by atomic mass is 16.5. The third-order valence-electron chi connectivity index (χ3n) is 4.35. The minimum absolute atomic E-state index is 0.132. The Labute approximate surface area is 143 Å². The molecule has 24 heavy (non-hydrogen) atoms. The zero-order valence-corrected chi connectivity index (χ0v) is 14.1. The minimum atomic E-state index is -0.827. The number of nitrogens with one attached hydrogen (secondary N) is 2. The first-order chi connectivity index (χ1) is 11.6. The summed E-state index contributed by atoms with van der Waals surface area (Å²) >= 11 is 0. The molecule has 132 valence electrons. The molecule has 0 saturated heterocycles. The van der Waals surface area contributed by atoms with Crippen molar-refractivity contribution < 1.29 is 14.3 Å². The van der Waals surface area contributed by atoms with Crippen LogP contribution in [0.2, 0.25) is 0 Å². The predicted molar refractivity (Wildman–Crippen MR) is 94.0 cm³/mol. The fourth-order valence-corrected chi connectivity index (χ4v) is 3.07. The smallest absolute Gasteiger partial charge is 0.409 e. The second-order valence-corrected chi connectivity index (χ2v) is 6.26. The van der Waals surface area contributed by atoms with Gasteiger partial charge in [0, 0.05) is 25.2 Å². The summed E-state index contributed by atoms with van der Waals surface area (Å²) in [7, 11) is 0. The molecule has 0 atom stereocenters. The molecule has 0 spiro atoms. The van der Waals surface area contributed by atoms with Crippen LogP contribution in [0.4, 0.5) is 10.5 Å². The van der Waals surface area contributed by atoms with Gasteiger partial charge < -0.3 is 21.1 Å². The van der Waals surface area contributed by atoms with E-state index in [1.165, 1.54) is 32.1 Å². The molecule has 0 bridgehead atoms. The van der Waals surface area contributed by atoms with Crippen LogP contribution in [0.5, 0.6) is 5.75 Å². The lowest BCUT2D eigenvalue weighted by Crippen LogP contribution is -2.29. The predicted octanol–water partition coefficient (Wildman–Crippen LogP) is 3.03. The van der Waals surface area contributed by atoms with Crippen molar-refractivity contribution >= 4 is 17.7 Å². The Kier molecular flexibility index (Phi) is 7.39. The first-order valence-corrected chi connectivity index (χ1v) is 8.71. The van der Waals surface area contributed by atoms with Gasteiger partial charge in [-0.05, 0) is 36.6 Å². The number of nitrogens with two attached hydrogens (primary N) is 1. The number of rotatable bonds is 8. The first kappa shape index (κ1) is 18.1. The summed E-state index contributed by atoms with van der Waals surface area (Å²) in [6, 6.07) is 6.91. The van der Waals surface area contributed by atoms with Crippen molar-refractivity contribution in [1.82, 2.24) is 5.32 Å². The highest BCUT2D eigenvalue weighted by molar-refractivity contribution is 5.75. The number of primary amides is 1. The molecule has 1 fully saturated rings. The van der Waals surface area contributed by atoms with Crippen molar-refractivity contribution in [2.75, 3.05) is 18.4 Å². The zero-order valence-electron chi connectivity index (χ0n) is 14.1. The van der Waals surface area contributed by atoms with Gasteiger partial charge in [0.25, 0.3) is 0 Å². The molecule has 0 unspecified atom stereocenters. The van der Waals surface area contributed by atoms with Crippen LogP contribution in [0.15, 0.2) is 24.3 Å². The normalized spacial score (nSPS) is 14.8. The van der Waals surface area contributed by atoms with E-state index in [4.69, 9.17) is 10.5 Å². The Bertz CT molecular complexity index is 525. The number of hydrogen-bond donors (Lipinski definition) is 3. The minimum Gasteiger partial charge on any atom is -0.411 e. The number of anilines is 1. The fraction of sp³-hybridized carbons (Fsp3) is 0.556. The number of carbonyl (C=O) groups is 2. The van der Waals surface area contributed by atoms with Crippen molar-refractivity contribution in [2.45, 2.75) is 44.9 Å². The van der Waals surface area contributed by atoms with Crippen molar-refractivity contribution in [2.24, 2.45) is 11.7 Å². The zero-order chi connectivity index (χ0) is 17.2. The van der Waals surface area contributed by atoms with Gasteiger partial charge in [-0.15, -0.1) is 0 Å². The van der Waals surface area contributed by atoms with Gasteiger partial charge in [0.15, 0.2) is 0 Å². The largest absolute Gasteiger partial charge is 0.411 e. The third kappa shape index (κ3) is 6.89. The topological polar surface area (TPSA) is 93.5 Å². The molecule has 1 aromatic rings. The van der Waals surface area contributed by atoms with Crippen LogP contribution in [0, 0.1) is 5.92 Å². The molecule has 0 radical (unpaired) electrons. The Morgan fingerprint density at radius 1 is 1.08 bits per heavy atom. The standard InChI is InChI=1S/C18H27N3O3/c19-18(23)24-16-9-7-15(8-10-16)20-12-13-21-17(22)11-6-14-4-2-1-3-5-14/h7-10,14,20H,1-6,11-13H2,(H2,19,23)(H,21,22). The third-order valence-corrected chi connectivity index (χ3v) is 4.35. The SMILES string of the molecule is NC(=O)Oc1ccc(NCCNC(=O)CCC2CCCCC2)cc1. The van der Waals surface area contributed by atoms with Gasteiger partial charge in [-0.3, -0.25) is 4.79 Å². The fourth-order valence-electron chi connectivity index (χ4n) is 3.07. The maximum absolute atomic E-state index is 11.8. The summed E-state index contributed by atoms with van der Waals surface area (Å²) in [6.45, 7) is 1.23. The van der Waals surface area contributed by atoms with Gasteiger partial charge in [-0.25, -0.2) is 4.79 Å². The van der Waals surface area contributed by atoms with Gasteiger partial charge in [-0.2, -0.15) is 0 Å². The van der Waals surface area contributed by atoms with E-state index in [9.17, 15) is 9.59 Å². The van der Waals surface area contributed by atoms with Crippen molar-refractivity contribution in [3.8, 4) is 5.75 Å². The summed E-state index contributed by atoms with van der Waals surface area (Å²) < 4.78 is 4.76. The van der Waals surface area contributed by atoms with E-state index in [-0.39, 0.29) is 5.91 Å². The van der Waals surface area contributed by atoms with Gasteiger partial charge in [0.05, 0.1) is 0 Å². The summed E-state index contributed by atoms with van der Waals surface area (Å²) in [6.07, 6.45) is 7.37. The van der Waals surface area contributed by atoms with Crippen molar-refractivity contribution in [3.63, 3.8) is 0 Å². The molecule has 4 N–H and O–H groups in total. The average molecular weight is 333 g/mol. The second kappa shape index (κ2) is 9.80. The van der Waals surface area contributed by atoms with Gasteiger partial charge in [-0.1, -0.05) is 32.1 Å². The van der Waals surface area contributed by atoms with E-state index < -0.39 is 6.09 Å². The Morgan fingerprint density at radius 3 is 2.46 bits per heavy atom. The monoisotopic (exact) mass is 333 g/mol. The van der Waals surface area contributed by atoms with E-state index >= 15 is 0 Å². The molecule has 1 aromatic carbocycles. The molecule has 6 heteroatoms. The van der Waals surface area contributed by atoms with Gasteiger partial charge in [0.2, 0.25) is 5.91 Å². The molecule has 1 saturated carbocycles. The van der Waals surface area contributed by atoms with Gasteiger partial charge >= 0.3 is 6.09 Å². The van der Waals surface area contributed by atoms with E-state index in [1.54, 1.807) is 24.3 Å². The lowest BCUT2D eigenvalue weighted by atomic mass is 9.86. The average Bonchev–Trinajstić information content (AvgIpc) is 2.59. The Balaban J connectivity index is 1.56. The number of carbonyl (C=O) groups excluding carboxylic acids is 2. The summed E-state index contributed by atoms with van der Waals surface area (Å²) in [5, 5.41) is 6.14. The molecule has 1 aliphatic rings. The van der Waals surface area contributed by atoms with Crippen LogP contribution in [-0.4, -0.2) is 25.1 Å². The molecule has 0 heterocycles. The number of benzene rings is 1. The highest BCUT2D eigenvalue weighted by Gasteiger charge is 2.14. The molecule has 2 rings (SSSR count). The van der Waals surface area contributed by atoms with Crippen LogP contribution in [0.1, 0.15) is 44.9 Å². The van der Waals surface area contributed by atoms with E-state index in [1.807, 2.05) is 0 Å². The Hall–Kier alpha value is -2.24. The molecule has 0 aliphatic heterocycles. The summed E-state index contributed by atoms with van der Waals surface area (Å²) in [5.74, 6) is 1.28. The summed E-state index contributed by atoms with van der Waals surface area (Å²) in [5.41, 5.74) is 5.84. The molecule has 6 nitrogen and oxygen atoms in total. The van der Waals surface area contributed by atoms with Crippen LogP contribution in [0.3, 0.4) is 0 Å². The molecule has 0 aromatic heterocycles. The number of amides is 2. The van der Waals surface area contributed by atoms with E-state index in [0.717, 1.165) is 18.0 Å². The second-order valence-electron chi connectivity index (χ2n) is 6.26. The molecular formula is C18H27N3O3. The van der Waals surface area contributed by atoms with Crippen LogP contribution in [0.25, 0.3) is 0 Å². The molecule has 1 aliphatic carbocycles. The van der Waals surface area contributed by atoms with E-state index in [2.05, 4.69) is 10.6 Å². The maximum Gasteiger partial charge on any atom is 0.409 e. The number of hydrogen-bond acceptors (Lipinski definition) is 4. The number of ether oxygens (including phenoxy) is 1. The lowest BCUT2D eigenvalue weighted by molar-refractivity contribution is -0.121.